The van der Waals surface area contributed by atoms with Gasteiger partial charge >= 0.3 is 0 Å². The number of H-pyrrole nitrogens is 1. The van der Waals surface area contributed by atoms with Gasteiger partial charge in [0.25, 0.3) is 5.91 Å². The molecule has 0 fully saturated rings. The minimum atomic E-state index is -0.430. The van der Waals surface area contributed by atoms with E-state index in [9.17, 15) is 4.79 Å². The third-order valence-corrected chi connectivity index (χ3v) is 4.50. The van der Waals surface area contributed by atoms with E-state index in [-0.39, 0.29) is 5.69 Å². The van der Waals surface area contributed by atoms with Gasteiger partial charge in [-0.1, -0.05) is 53.0 Å². The third-order valence-electron chi connectivity index (χ3n) is 3.62. The van der Waals surface area contributed by atoms with Crippen molar-refractivity contribution >= 4 is 46.4 Å². The fourth-order valence-electron chi connectivity index (χ4n) is 2.28. The molecule has 0 unspecified atom stereocenters. The van der Waals surface area contributed by atoms with Crippen molar-refractivity contribution in [2.24, 2.45) is 5.10 Å². The van der Waals surface area contributed by atoms with Crippen LogP contribution in [0.3, 0.4) is 0 Å². The molecule has 0 bridgehead atoms. The van der Waals surface area contributed by atoms with Gasteiger partial charge in [0.15, 0.2) is 0 Å². The predicted molar refractivity (Wildman–Crippen MR) is 105 cm³/mol. The zero-order valence-corrected chi connectivity index (χ0v) is 15.8. The van der Waals surface area contributed by atoms with Crippen LogP contribution in [-0.4, -0.2) is 21.8 Å². The van der Waals surface area contributed by atoms with Crippen LogP contribution in [0.25, 0.3) is 11.3 Å². The quantitative estimate of drug-likeness (QED) is 0.461. The molecule has 0 spiro atoms. The lowest BCUT2D eigenvalue weighted by molar-refractivity contribution is 0.0950. The minimum Gasteiger partial charge on any atom is -0.272 e. The number of amides is 1. The highest BCUT2D eigenvalue weighted by molar-refractivity contribution is 6.36. The molecule has 1 heterocycles. The van der Waals surface area contributed by atoms with E-state index in [0.717, 1.165) is 5.56 Å². The Morgan fingerprint density at radius 3 is 2.58 bits per heavy atom. The summed E-state index contributed by atoms with van der Waals surface area (Å²) >= 11 is 18.2. The van der Waals surface area contributed by atoms with Gasteiger partial charge in [-0.3, -0.25) is 9.89 Å². The van der Waals surface area contributed by atoms with Crippen LogP contribution >= 0.6 is 34.8 Å². The van der Waals surface area contributed by atoms with E-state index in [1.54, 1.807) is 37.3 Å². The highest BCUT2D eigenvalue weighted by Gasteiger charge is 2.13. The Kier molecular flexibility index (Phi) is 5.61. The summed E-state index contributed by atoms with van der Waals surface area (Å²) in [7, 11) is 0. The van der Waals surface area contributed by atoms with E-state index in [4.69, 9.17) is 34.8 Å². The van der Waals surface area contributed by atoms with Crippen molar-refractivity contribution in [2.45, 2.75) is 6.92 Å². The highest BCUT2D eigenvalue weighted by atomic mass is 35.5. The number of aromatic nitrogens is 2. The van der Waals surface area contributed by atoms with Gasteiger partial charge in [-0.25, -0.2) is 5.43 Å². The van der Waals surface area contributed by atoms with Gasteiger partial charge in [0, 0.05) is 21.2 Å². The summed E-state index contributed by atoms with van der Waals surface area (Å²) in [5, 5.41) is 12.4. The van der Waals surface area contributed by atoms with E-state index in [2.05, 4.69) is 20.7 Å². The lowest BCUT2D eigenvalue weighted by atomic mass is 10.1. The number of hydrazone groups is 1. The van der Waals surface area contributed by atoms with Gasteiger partial charge in [0.1, 0.15) is 5.69 Å². The summed E-state index contributed by atoms with van der Waals surface area (Å²) in [5.41, 5.74) is 5.26. The minimum absolute atomic E-state index is 0.252. The molecule has 0 aliphatic heterocycles. The van der Waals surface area contributed by atoms with Crippen molar-refractivity contribution in [3.8, 4) is 11.3 Å². The van der Waals surface area contributed by atoms with Gasteiger partial charge in [-0.05, 0) is 37.3 Å². The molecule has 0 aliphatic carbocycles. The summed E-state index contributed by atoms with van der Waals surface area (Å²) in [6, 6.07) is 13.9. The molecular weight excluding hydrogens is 395 g/mol. The molecule has 0 radical (unpaired) electrons. The van der Waals surface area contributed by atoms with Crippen molar-refractivity contribution in [2.75, 3.05) is 0 Å². The second-order valence-electron chi connectivity index (χ2n) is 5.41. The lowest BCUT2D eigenvalue weighted by Gasteiger charge is -2.03. The molecule has 1 aromatic heterocycles. The molecule has 0 aliphatic rings. The Balaban J connectivity index is 1.76. The summed E-state index contributed by atoms with van der Waals surface area (Å²) in [5.74, 6) is -0.430. The number of rotatable bonds is 4. The normalized spacial score (nSPS) is 11.5. The first-order valence-corrected chi connectivity index (χ1v) is 8.69. The van der Waals surface area contributed by atoms with Crippen molar-refractivity contribution in [3.63, 3.8) is 0 Å². The van der Waals surface area contributed by atoms with Crippen LogP contribution in [0, 0.1) is 0 Å². The highest BCUT2D eigenvalue weighted by Crippen LogP contribution is 2.29. The molecule has 8 heteroatoms. The predicted octanol–water partition coefficient (Wildman–Crippen LogP) is 5.19. The van der Waals surface area contributed by atoms with Crippen LogP contribution < -0.4 is 5.43 Å². The SMILES string of the molecule is C/C(=N/NC(=O)c1cc(-c2ccc(Cl)cc2Cl)n[nH]1)c1ccccc1Cl. The fraction of sp³-hybridized carbons (Fsp3) is 0.0556. The van der Waals surface area contributed by atoms with Crippen LogP contribution in [0.1, 0.15) is 23.0 Å². The van der Waals surface area contributed by atoms with Gasteiger partial charge < -0.3 is 0 Å². The summed E-state index contributed by atoms with van der Waals surface area (Å²) in [6.45, 7) is 1.76. The first-order chi connectivity index (χ1) is 12.5. The number of hydrogen-bond acceptors (Lipinski definition) is 3. The third kappa shape index (κ3) is 4.07. The van der Waals surface area contributed by atoms with E-state index in [1.165, 1.54) is 0 Å². The number of carbonyl (C=O) groups is 1. The number of halogens is 3. The zero-order valence-electron chi connectivity index (χ0n) is 13.6. The second kappa shape index (κ2) is 7.91. The van der Waals surface area contributed by atoms with Crippen LogP contribution in [0.4, 0.5) is 0 Å². The van der Waals surface area contributed by atoms with E-state index >= 15 is 0 Å². The van der Waals surface area contributed by atoms with Crippen molar-refractivity contribution in [3.05, 3.63) is 74.9 Å². The molecule has 132 valence electrons. The van der Waals surface area contributed by atoms with Crippen molar-refractivity contribution in [1.29, 1.82) is 0 Å². The average molecular weight is 408 g/mol. The van der Waals surface area contributed by atoms with E-state index < -0.39 is 5.91 Å². The Labute approximate surface area is 165 Å². The van der Waals surface area contributed by atoms with Crippen LogP contribution in [0.5, 0.6) is 0 Å². The smallest absolute Gasteiger partial charge is 0.272 e. The second-order valence-corrected chi connectivity index (χ2v) is 6.66. The standard InChI is InChI=1S/C18H13Cl3N4O/c1-10(12-4-2-3-5-14(12)20)22-25-18(26)17-9-16(23-24-17)13-7-6-11(19)8-15(13)21/h2-9H,1H3,(H,23,24)(H,25,26)/b22-10-. The Morgan fingerprint density at radius 2 is 1.85 bits per heavy atom. The maximum Gasteiger partial charge on any atom is 0.289 e. The van der Waals surface area contributed by atoms with E-state index in [0.29, 0.717) is 32.0 Å². The monoisotopic (exact) mass is 406 g/mol. The molecule has 3 rings (SSSR count). The lowest BCUT2D eigenvalue weighted by Crippen LogP contribution is -2.19. The summed E-state index contributed by atoms with van der Waals surface area (Å²) in [6.07, 6.45) is 0. The first kappa shape index (κ1) is 18.5. The summed E-state index contributed by atoms with van der Waals surface area (Å²) in [4.78, 5) is 12.3. The molecule has 1 amide bonds. The molecule has 0 saturated heterocycles. The number of aromatic amines is 1. The Morgan fingerprint density at radius 1 is 1.08 bits per heavy atom. The number of nitrogens with one attached hydrogen (secondary N) is 2. The van der Waals surface area contributed by atoms with Crippen LogP contribution in [-0.2, 0) is 0 Å². The molecule has 0 saturated carbocycles. The van der Waals surface area contributed by atoms with Gasteiger partial charge in [-0.2, -0.15) is 10.2 Å². The maximum absolute atomic E-state index is 12.3. The number of carbonyl (C=O) groups excluding carboxylic acids is 1. The number of hydrogen-bond donors (Lipinski definition) is 2. The van der Waals surface area contributed by atoms with E-state index in [1.807, 2.05) is 18.2 Å². The molecule has 26 heavy (non-hydrogen) atoms. The van der Waals surface area contributed by atoms with Crippen LogP contribution in [0.15, 0.2) is 53.6 Å². The van der Waals surface area contributed by atoms with Gasteiger partial charge in [0.05, 0.1) is 16.4 Å². The molecule has 2 aromatic carbocycles. The zero-order chi connectivity index (χ0) is 18.7. The van der Waals surface area contributed by atoms with Crippen LogP contribution in [0.2, 0.25) is 15.1 Å². The first-order valence-electron chi connectivity index (χ1n) is 7.56. The Bertz CT molecular complexity index is 998. The average Bonchev–Trinajstić information content (AvgIpc) is 3.09. The number of nitrogens with zero attached hydrogens (tertiary/aromatic N) is 2. The van der Waals surface area contributed by atoms with Crippen molar-refractivity contribution in [1.82, 2.24) is 15.6 Å². The van der Waals surface area contributed by atoms with Gasteiger partial charge in [-0.15, -0.1) is 0 Å². The van der Waals surface area contributed by atoms with Crippen molar-refractivity contribution < 1.29 is 4.79 Å². The number of benzene rings is 2. The fourth-order valence-corrected chi connectivity index (χ4v) is 3.06. The molecular formula is C18H13Cl3N4O. The largest absolute Gasteiger partial charge is 0.289 e. The molecule has 5 nitrogen and oxygen atoms in total. The molecule has 3 aromatic rings. The topological polar surface area (TPSA) is 70.1 Å². The Hall–Kier alpha value is -2.34. The van der Waals surface area contributed by atoms with Gasteiger partial charge in [0.2, 0.25) is 0 Å². The maximum atomic E-state index is 12.3. The molecule has 2 N–H and O–H groups in total. The summed E-state index contributed by atoms with van der Waals surface area (Å²) < 4.78 is 0. The molecule has 0 atom stereocenters.